The Morgan fingerprint density at radius 3 is 2.65 bits per heavy atom. The van der Waals surface area contributed by atoms with Gasteiger partial charge >= 0.3 is 0 Å². The molecule has 1 unspecified atom stereocenters. The van der Waals surface area contributed by atoms with Gasteiger partial charge in [0.2, 0.25) is 0 Å². The van der Waals surface area contributed by atoms with E-state index in [1.54, 1.807) is 12.1 Å². The lowest BCUT2D eigenvalue weighted by Crippen LogP contribution is -2.40. The van der Waals surface area contributed by atoms with Crippen molar-refractivity contribution in [3.8, 4) is 5.75 Å². The molecule has 2 N–H and O–H groups in total. The molecule has 1 aromatic rings. The second kappa shape index (κ2) is 6.81. The summed E-state index contributed by atoms with van der Waals surface area (Å²) >= 11 is 1.94. The van der Waals surface area contributed by atoms with E-state index < -0.39 is 0 Å². The van der Waals surface area contributed by atoms with Gasteiger partial charge in [0, 0.05) is 29.0 Å². The molecular weight excluding hydrogens is 273 g/mol. The van der Waals surface area contributed by atoms with Crippen molar-refractivity contribution in [1.29, 1.82) is 0 Å². The molecule has 0 aliphatic heterocycles. The molecule has 0 saturated heterocycles. The zero-order valence-corrected chi connectivity index (χ0v) is 13.1. The molecule has 20 heavy (non-hydrogen) atoms. The zero-order valence-electron chi connectivity index (χ0n) is 12.3. The van der Waals surface area contributed by atoms with Crippen LogP contribution in [-0.4, -0.2) is 22.7 Å². The third kappa shape index (κ3) is 3.67. The Bertz CT molecular complexity index is 446. The Morgan fingerprint density at radius 1 is 1.35 bits per heavy atom. The molecule has 0 aromatic heterocycles. The highest BCUT2D eigenvalue weighted by molar-refractivity contribution is 8.00. The maximum atomic E-state index is 13.8. The number of hydrogen-bond donors (Lipinski definition) is 2. The van der Waals surface area contributed by atoms with E-state index in [1.165, 1.54) is 38.2 Å². The largest absolute Gasteiger partial charge is 0.508 e. The van der Waals surface area contributed by atoms with Gasteiger partial charge in [0.15, 0.2) is 0 Å². The number of benzene rings is 1. The zero-order chi connectivity index (χ0) is 14.6. The Hall–Kier alpha value is -0.740. The fourth-order valence-corrected chi connectivity index (χ4v) is 3.89. The number of phenolic OH excluding ortho intramolecular Hbond substituents is 1. The van der Waals surface area contributed by atoms with Gasteiger partial charge in [-0.25, -0.2) is 4.39 Å². The lowest BCUT2D eigenvalue weighted by molar-refractivity contribution is 0.365. The van der Waals surface area contributed by atoms with Crippen molar-refractivity contribution in [1.82, 2.24) is 5.32 Å². The standard InChI is InChI=1S/C16H24FNOS/c1-12(14-7-6-13(19)10-15(14)17)18-11-16(20-2)8-4-3-5-9-16/h6-7,10,12,18-19H,3-5,8-9,11H2,1-2H3. The van der Waals surface area contributed by atoms with E-state index in [0.29, 0.717) is 10.3 Å². The number of nitrogens with one attached hydrogen (secondary N) is 1. The van der Waals surface area contributed by atoms with Crippen LogP contribution in [0.4, 0.5) is 4.39 Å². The fourth-order valence-electron chi connectivity index (χ4n) is 2.97. The van der Waals surface area contributed by atoms with E-state index in [2.05, 4.69) is 11.6 Å². The predicted molar refractivity (Wildman–Crippen MR) is 83.8 cm³/mol. The SMILES string of the molecule is CSC1(CNC(C)c2ccc(O)cc2F)CCCCC1. The van der Waals surface area contributed by atoms with E-state index in [-0.39, 0.29) is 17.6 Å². The summed E-state index contributed by atoms with van der Waals surface area (Å²) in [6.07, 6.45) is 8.59. The van der Waals surface area contributed by atoms with Crippen LogP contribution in [-0.2, 0) is 0 Å². The van der Waals surface area contributed by atoms with Crippen LogP contribution < -0.4 is 5.32 Å². The van der Waals surface area contributed by atoms with Crippen LogP contribution >= 0.6 is 11.8 Å². The van der Waals surface area contributed by atoms with Crippen molar-refractivity contribution in [2.75, 3.05) is 12.8 Å². The number of aromatic hydroxyl groups is 1. The highest BCUT2D eigenvalue weighted by Crippen LogP contribution is 2.38. The summed E-state index contributed by atoms with van der Waals surface area (Å²) in [4.78, 5) is 0. The van der Waals surface area contributed by atoms with Crippen LogP contribution in [0.3, 0.4) is 0 Å². The Kier molecular flexibility index (Phi) is 5.33. The summed E-state index contributed by atoms with van der Waals surface area (Å²) in [6.45, 7) is 2.89. The predicted octanol–water partition coefficient (Wildman–Crippen LogP) is 4.25. The molecule has 1 atom stereocenters. The topological polar surface area (TPSA) is 32.3 Å². The third-order valence-corrected chi connectivity index (χ3v) is 5.80. The normalized spacial score (nSPS) is 19.8. The summed E-state index contributed by atoms with van der Waals surface area (Å²) in [5.74, 6) is -0.363. The van der Waals surface area contributed by atoms with Gasteiger partial charge in [0.1, 0.15) is 11.6 Å². The average molecular weight is 297 g/mol. The van der Waals surface area contributed by atoms with Gasteiger partial charge in [-0.05, 0) is 32.1 Å². The molecule has 0 bridgehead atoms. The highest BCUT2D eigenvalue weighted by atomic mass is 32.2. The van der Waals surface area contributed by atoms with Crippen molar-refractivity contribution in [3.63, 3.8) is 0 Å². The molecule has 112 valence electrons. The first-order chi connectivity index (χ1) is 9.56. The summed E-state index contributed by atoms with van der Waals surface area (Å²) in [5, 5.41) is 12.7. The molecule has 0 heterocycles. The Morgan fingerprint density at radius 2 is 2.05 bits per heavy atom. The minimum absolute atomic E-state index is 0.0219. The Balaban J connectivity index is 1.98. The van der Waals surface area contributed by atoms with Crippen LogP contribution in [0, 0.1) is 5.82 Å². The van der Waals surface area contributed by atoms with Gasteiger partial charge in [-0.2, -0.15) is 11.8 Å². The number of halogens is 1. The first-order valence-electron chi connectivity index (χ1n) is 7.33. The van der Waals surface area contributed by atoms with Crippen molar-refractivity contribution in [2.45, 2.75) is 49.8 Å². The smallest absolute Gasteiger partial charge is 0.131 e. The van der Waals surface area contributed by atoms with Crippen LogP contribution in [0.1, 0.15) is 50.6 Å². The van der Waals surface area contributed by atoms with Crippen LogP contribution in [0.5, 0.6) is 5.75 Å². The summed E-state index contributed by atoms with van der Waals surface area (Å²) in [7, 11) is 0. The van der Waals surface area contributed by atoms with E-state index in [9.17, 15) is 9.50 Å². The molecular formula is C16H24FNOS. The van der Waals surface area contributed by atoms with Crippen molar-refractivity contribution >= 4 is 11.8 Å². The number of rotatable bonds is 5. The van der Waals surface area contributed by atoms with Gasteiger partial charge in [0.05, 0.1) is 0 Å². The minimum atomic E-state index is -0.341. The molecule has 0 spiro atoms. The van der Waals surface area contributed by atoms with E-state index in [4.69, 9.17) is 0 Å². The molecule has 4 heteroatoms. The number of phenols is 1. The van der Waals surface area contributed by atoms with Gasteiger partial charge in [-0.1, -0.05) is 25.3 Å². The molecule has 2 rings (SSSR count). The Labute approximate surface area is 125 Å². The maximum absolute atomic E-state index is 13.8. The van der Waals surface area contributed by atoms with Crippen LogP contribution in [0.2, 0.25) is 0 Å². The van der Waals surface area contributed by atoms with Crippen LogP contribution in [0.15, 0.2) is 18.2 Å². The molecule has 2 nitrogen and oxygen atoms in total. The fraction of sp³-hybridized carbons (Fsp3) is 0.625. The third-order valence-electron chi connectivity index (χ3n) is 4.38. The monoisotopic (exact) mass is 297 g/mol. The van der Waals surface area contributed by atoms with E-state index >= 15 is 0 Å². The molecule has 1 aliphatic carbocycles. The van der Waals surface area contributed by atoms with Gasteiger partial charge < -0.3 is 10.4 Å². The first kappa shape index (κ1) is 15.6. The second-order valence-electron chi connectivity index (χ2n) is 5.76. The molecule has 0 amide bonds. The van der Waals surface area contributed by atoms with E-state index in [1.807, 2.05) is 18.7 Å². The first-order valence-corrected chi connectivity index (χ1v) is 8.56. The van der Waals surface area contributed by atoms with E-state index in [0.717, 1.165) is 6.54 Å². The summed E-state index contributed by atoms with van der Waals surface area (Å²) in [6, 6.07) is 4.34. The lowest BCUT2D eigenvalue weighted by atomic mass is 9.88. The average Bonchev–Trinajstić information content (AvgIpc) is 2.46. The molecule has 1 aliphatic rings. The van der Waals surface area contributed by atoms with Gasteiger partial charge in [-0.15, -0.1) is 0 Å². The minimum Gasteiger partial charge on any atom is -0.508 e. The van der Waals surface area contributed by atoms with Gasteiger partial charge in [0.25, 0.3) is 0 Å². The lowest BCUT2D eigenvalue weighted by Gasteiger charge is -2.37. The number of thioether (sulfide) groups is 1. The molecule has 1 fully saturated rings. The summed E-state index contributed by atoms with van der Waals surface area (Å²) in [5.41, 5.74) is 0.620. The van der Waals surface area contributed by atoms with Crippen molar-refractivity contribution < 1.29 is 9.50 Å². The highest BCUT2D eigenvalue weighted by Gasteiger charge is 2.31. The molecule has 1 saturated carbocycles. The second-order valence-corrected chi connectivity index (χ2v) is 7.03. The molecule has 1 aromatic carbocycles. The quantitative estimate of drug-likeness (QED) is 0.852. The van der Waals surface area contributed by atoms with Gasteiger partial charge in [-0.3, -0.25) is 0 Å². The van der Waals surface area contributed by atoms with Crippen molar-refractivity contribution in [2.24, 2.45) is 0 Å². The van der Waals surface area contributed by atoms with Crippen molar-refractivity contribution in [3.05, 3.63) is 29.6 Å². The maximum Gasteiger partial charge on any atom is 0.131 e. The number of hydrogen-bond acceptors (Lipinski definition) is 3. The molecule has 0 radical (unpaired) electrons. The van der Waals surface area contributed by atoms with Crippen LogP contribution in [0.25, 0.3) is 0 Å². The summed E-state index contributed by atoms with van der Waals surface area (Å²) < 4.78 is 14.1.